The van der Waals surface area contributed by atoms with Crippen molar-refractivity contribution in [2.75, 3.05) is 11.4 Å². The zero-order valence-corrected chi connectivity index (χ0v) is 13.4. The number of hydrogen-bond donors (Lipinski definition) is 1. The van der Waals surface area contributed by atoms with Crippen molar-refractivity contribution in [1.29, 1.82) is 0 Å². The van der Waals surface area contributed by atoms with Gasteiger partial charge < -0.3 is 10.2 Å². The topological polar surface area (TPSA) is 49.4 Å². The zero-order valence-electron chi connectivity index (χ0n) is 11.8. The Hall–Kier alpha value is -1.36. The van der Waals surface area contributed by atoms with Crippen LogP contribution in [0.25, 0.3) is 0 Å². The average Bonchev–Trinajstić information content (AvgIpc) is 2.52. The van der Waals surface area contributed by atoms with E-state index in [1.54, 1.807) is 4.90 Å². The number of carbonyl (C=O) groups excluding carboxylic acids is 2. The Morgan fingerprint density at radius 2 is 2.15 bits per heavy atom. The van der Waals surface area contributed by atoms with Crippen LogP contribution in [0.3, 0.4) is 0 Å². The third-order valence-corrected chi connectivity index (χ3v) is 3.98. The summed E-state index contributed by atoms with van der Waals surface area (Å²) in [5.74, 6) is -0.0582. The fraction of sp³-hybridized carbons (Fsp3) is 0.467. The molecule has 1 unspecified atom stereocenters. The number of benzene rings is 1. The molecule has 0 radical (unpaired) electrons. The number of anilines is 1. The molecule has 1 N–H and O–H groups in total. The molecule has 108 valence electrons. The zero-order chi connectivity index (χ0) is 14.7. The fourth-order valence-corrected chi connectivity index (χ4v) is 2.96. The van der Waals surface area contributed by atoms with Gasteiger partial charge >= 0.3 is 0 Å². The van der Waals surface area contributed by atoms with E-state index in [1.807, 2.05) is 32.0 Å². The molecular weight excluding hydrogens is 320 g/mol. The number of hydrogen-bond acceptors (Lipinski definition) is 2. The van der Waals surface area contributed by atoms with E-state index in [9.17, 15) is 9.59 Å². The highest BCUT2D eigenvalue weighted by molar-refractivity contribution is 9.10. The van der Waals surface area contributed by atoms with Gasteiger partial charge in [-0.2, -0.15) is 0 Å². The Morgan fingerprint density at radius 1 is 1.40 bits per heavy atom. The number of amides is 2. The van der Waals surface area contributed by atoms with Gasteiger partial charge in [-0.15, -0.1) is 0 Å². The lowest BCUT2D eigenvalue weighted by atomic mass is 10.1. The van der Waals surface area contributed by atoms with E-state index >= 15 is 0 Å². The third-order valence-electron chi connectivity index (χ3n) is 3.49. The van der Waals surface area contributed by atoms with Crippen LogP contribution in [0.1, 0.15) is 31.7 Å². The Kier molecular flexibility index (Phi) is 4.81. The van der Waals surface area contributed by atoms with Crippen molar-refractivity contribution in [1.82, 2.24) is 5.32 Å². The van der Waals surface area contributed by atoms with Crippen LogP contribution in [0.2, 0.25) is 0 Å². The molecule has 2 rings (SSSR count). The van der Waals surface area contributed by atoms with Crippen LogP contribution in [0.5, 0.6) is 0 Å². The maximum atomic E-state index is 12.6. The second-order valence-electron chi connectivity index (χ2n) is 5.08. The molecule has 0 bridgehead atoms. The minimum atomic E-state index is -0.405. The molecule has 1 saturated heterocycles. The molecular formula is C15H19BrN2O2. The SMILES string of the molecule is CCCC1NC(=O)CCN(c2ccc(Br)cc2C)C1=O. The summed E-state index contributed by atoms with van der Waals surface area (Å²) in [6, 6.07) is 5.43. The maximum Gasteiger partial charge on any atom is 0.249 e. The summed E-state index contributed by atoms with van der Waals surface area (Å²) in [5, 5.41) is 2.82. The average molecular weight is 339 g/mol. The highest BCUT2D eigenvalue weighted by Gasteiger charge is 2.30. The van der Waals surface area contributed by atoms with Crippen LogP contribution in [0.4, 0.5) is 5.69 Å². The minimum absolute atomic E-state index is 0.0110. The van der Waals surface area contributed by atoms with Gasteiger partial charge in [0.2, 0.25) is 11.8 Å². The standard InChI is InChI=1S/C15H19BrN2O2/c1-3-4-12-15(20)18(8-7-14(19)17-12)13-6-5-11(16)9-10(13)2/h5-6,9,12H,3-4,7-8H2,1-2H3,(H,17,19). The van der Waals surface area contributed by atoms with Gasteiger partial charge in [0.15, 0.2) is 0 Å². The number of rotatable bonds is 3. The third kappa shape index (κ3) is 3.20. The molecule has 1 heterocycles. The first-order chi connectivity index (χ1) is 9.52. The lowest BCUT2D eigenvalue weighted by Crippen LogP contribution is -2.44. The quantitative estimate of drug-likeness (QED) is 0.921. The van der Waals surface area contributed by atoms with Crippen LogP contribution in [0, 0.1) is 6.92 Å². The largest absolute Gasteiger partial charge is 0.344 e. The first-order valence-electron chi connectivity index (χ1n) is 6.89. The minimum Gasteiger partial charge on any atom is -0.344 e. The first kappa shape index (κ1) is 15.0. The van der Waals surface area contributed by atoms with E-state index in [0.717, 1.165) is 22.1 Å². The summed E-state index contributed by atoms with van der Waals surface area (Å²) in [5.41, 5.74) is 1.91. The highest BCUT2D eigenvalue weighted by atomic mass is 79.9. The summed E-state index contributed by atoms with van der Waals surface area (Å²) >= 11 is 3.43. The van der Waals surface area contributed by atoms with Crippen molar-refractivity contribution < 1.29 is 9.59 Å². The molecule has 0 aromatic heterocycles. The van der Waals surface area contributed by atoms with Crippen LogP contribution in [0.15, 0.2) is 22.7 Å². The van der Waals surface area contributed by atoms with E-state index in [0.29, 0.717) is 19.4 Å². The molecule has 20 heavy (non-hydrogen) atoms. The van der Waals surface area contributed by atoms with Crippen molar-refractivity contribution in [3.05, 3.63) is 28.2 Å². The molecule has 1 atom stereocenters. The summed E-state index contributed by atoms with van der Waals surface area (Å²) in [6.07, 6.45) is 1.89. The monoisotopic (exact) mass is 338 g/mol. The number of aryl methyl sites for hydroxylation is 1. The first-order valence-corrected chi connectivity index (χ1v) is 7.69. The van der Waals surface area contributed by atoms with Crippen LogP contribution in [-0.4, -0.2) is 24.4 Å². The molecule has 0 saturated carbocycles. The molecule has 2 amide bonds. The Bertz CT molecular complexity index is 531. The summed E-state index contributed by atoms with van der Waals surface area (Å²) in [7, 11) is 0. The molecule has 0 aliphatic carbocycles. The van der Waals surface area contributed by atoms with Gasteiger partial charge in [0.25, 0.3) is 0 Å². The molecule has 1 aromatic rings. The molecule has 4 nitrogen and oxygen atoms in total. The number of nitrogens with zero attached hydrogens (tertiary/aromatic N) is 1. The number of nitrogens with one attached hydrogen (secondary N) is 1. The van der Waals surface area contributed by atoms with Crippen molar-refractivity contribution in [3.63, 3.8) is 0 Å². The smallest absolute Gasteiger partial charge is 0.249 e. The lowest BCUT2D eigenvalue weighted by Gasteiger charge is -2.25. The molecule has 1 aliphatic rings. The number of halogens is 1. The second kappa shape index (κ2) is 6.39. The van der Waals surface area contributed by atoms with E-state index in [2.05, 4.69) is 21.2 Å². The Labute approximate surface area is 127 Å². The van der Waals surface area contributed by atoms with Crippen LogP contribution in [-0.2, 0) is 9.59 Å². The second-order valence-corrected chi connectivity index (χ2v) is 6.00. The van der Waals surface area contributed by atoms with Crippen LogP contribution >= 0.6 is 15.9 Å². The normalized spacial score (nSPS) is 19.8. The predicted molar refractivity (Wildman–Crippen MR) is 82.7 cm³/mol. The Morgan fingerprint density at radius 3 is 2.80 bits per heavy atom. The number of carbonyl (C=O) groups is 2. The molecule has 5 heteroatoms. The van der Waals surface area contributed by atoms with E-state index < -0.39 is 6.04 Å². The van der Waals surface area contributed by atoms with Gasteiger partial charge in [-0.05, 0) is 37.1 Å². The highest BCUT2D eigenvalue weighted by Crippen LogP contribution is 2.26. The maximum absolute atomic E-state index is 12.6. The van der Waals surface area contributed by atoms with E-state index in [-0.39, 0.29) is 11.8 Å². The Balaban J connectivity index is 2.33. The van der Waals surface area contributed by atoms with Crippen molar-refractivity contribution in [2.24, 2.45) is 0 Å². The molecule has 1 aromatic carbocycles. The van der Waals surface area contributed by atoms with Gasteiger partial charge in [0, 0.05) is 23.1 Å². The van der Waals surface area contributed by atoms with Crippen molar-refractivity contribution in [3.8, 4) is 0 Å². The van der Waals surface area contributed by atoms with E-state index in [4.69, 9.17) is 0 Å². The molecule has 0 spiro atoms. The van der Waals surface area contributed by atoms with Crippen molar-refractivity contribution >= 4 is 33.4 Å². The molecule has 1 fully saturated rings. The van der Waals surface area contributed by atoms with E-state index in [1.165, 1.54) is 0 Å². The van der Waals surface area contributed by atoms with Gasteiger partial charge in [-0.25, -0.2) is 0 Å². The fourth-order valence-electron chi connectivity index (χ4n) is 2.49. The summed E-state index contributed by atoms with van der Waals surface area (Å²) in [6.45, 7) is 4.43. The lowest BCUT2D eigenvalue weighted by molar-refractivity contribution is -0.125. The van der Waals surface area contributed by atoms with Gasteiger partial charge in [0.05, 0.1) is 0 Å². The van der Waals surface area contributed by atoms with Crippen LogP contribution < -0.4 is 10.2 Å². The summed E-state index contributed by atoms with van der Waals surface area (Å²) in [4.78, 5) is 26.1. The molecule has 1 aliphatic heterocycles. The summed E-state index contributed by atoms with van der Waals surface area (Å²) < 4.78 is 0.986. The van der Waals surface area contributed by atoms with Gasteiger partial charge in [-0.1, -0.05) is 29.3 Å². The van der Waals surface area contributed by atoms with Gasteiger partial charge in [-0.3, -0.25) is 9.59 Å². The van der Waals surface area contributed by atoms with Crippen molar-refractivity contribution in [2.45, 2.75) is 39.2 Å². The predicted octanol–water partition coefficient (Wildman–Crippen LogP) is 2.78. The van der Waals surface area contributed by atoms with Gasteiger partial charge in [0.1, 0.15) is 6.04 Å².